The third kappa shape index (κ3) is 5.12. The average Bonchev–Trinajstić information content (AvgIpc) is 3.20. The minimum absolute atomic E-state index is 0.0594. The van der Waals surface area contributed by atoms with Crippen molar-refractivity contribution in [3.05, 3.63) is 11.7 Å². The Hall–Kier alpha value is -2.36. The lowest BCUT2D eigenvalue weighted by Crippen LogP contribution is -2.54. The molecule has 0 aromatic carbocycles. The molecule has 2 aliphatic heterocycles. The first-order valence-electron chi connectivity index (χ1n) is 10.1. The number of aromatic nitrogens is 2. The molecular weight excluding hydrogens is 364 g/mol. The highest BCUT2D eigenvalue weighted by molar-refractivity contribution is 5.75. The molecule has 0 bridgehead atoms. The smallest absolute Gasteiger partial charge is 0.320 e. The van der Waals surface area contributed by atoms with Crippen LogP contribution in [0.4, 0.5) is 9.59 Å². The lowest BCUT2D eigenvalue weighted by Gasteiger charge is -2.37. The van der Waals surface area contributed by atoms with E-state index >= 15 is 0 Å². The Morgan fingerprint density at radius 2 is 1.82 bits per heavy atom. The summed E-state index contributed by atoms with van der Waals surface area (Å²) in [6.07, 6.45) is 2.20. The van der Waals surface area contributed by atoms with Crippen molar-refractivity contribution in [3.8, 4) is 0 Å². The fourth-order valence-corrected chi connectivity index (χ4v) is 3.42. The highest BCUT2D eigenvalue weighted by atomic mass is 16.5. The summed E-state index contributed by atoms with van der Waals surface area (Å²) in [6, 6.07) is -0.00716. The van der Waals surface area contributed by atoms with Gasteiger partial charge < -0.3 is 29.3 Å². The van der Waals surface area contributed by atoms with Crippen LogP contribution in [0.15, 0.2) is 4.52 Å². The number of hydrogen-bond donors (Lipinski definition) is 1. The van der Waals surface area contributed by atoms with Crippen LogP contribution < -0.4 is 5.32 Å². The Morgan fingerprint density at radius 1 is 1.14 bits per heavy atom. The van der Waals surface area contributed by atoms with Crippen LogP contribution in [-0.2, 0) is 17.7 Å². The molecule has 2 aliphatic rings. The van der Waals surface area contributed by atoms with E-state index in [1.165, 1.54) is 0 Å². The number of rotatable bonds is 5. The van der Waals surface area contributed by atoms with Gasteiger partial charge in [0.05, 0.1) is 13.2 Å². The van der Waals surface area contributed by atoms with Gasteiger partial charge in [-0.25, -0.2) is 9.59 Å². The van der Waals surface area contributed by atoms with Gasteiger partial charge in [-0.05, 0) is 19.8 Å². The van der Waals surface area contributed by atoms with Gasteiger partial charge in [0.1, 0.15) is 6.54 Å². The topological polar surface area (TPSA) is 104 Å². The van der Waals surface area contributed by atoms with Crippen LogP contribution in [0.3, 0.4) is 0 Å². The number of hydrogen-bond acceptors (Lipinski definition) is 6. The van der Waals surface area contributed by atoms with E-state index in [2.05, 4.69) is 15.5 Å². The van der Waals surface area contributed by atoms with Gasteiger partial charge in [-0.3, -0.25) is 0 Å². The van der Waals surface area contributed by atoms with Crippen LogP contribution in [0.5, 0.6) is 0 Å². The number of nitrogens with one attached hydrogen (secondary N) is 1. The summed E-state index contributed by atoms with van der Waals surface area (Å²) in [4.78, 5) is 34.8. The summed E-state index contributed by atoms with van der Waals surface area (Å²) in [5.41, 5.74) is 0. The fraction of sp³-hybridized carbons (Fsp3) is 0.778. The lowest BCUT2D eigenvalue weighted by atomic mass is 10.1. The predicted octanol–water partition coefficient (Wildman–Crippen LogP) is 1.08. The second-order valence-corrected chi connectivity index (χ2v) is 7.06. The number of likely N-dealkylation sites (tertiary alicyclic amines) is 1. The van der Waals surface area contributed by atoms with Crippen molar-refractivity contribution in [1.29, 1.82) is 0 Å². The Labute approximate surface area is 165 Å². The zero-order valence-electron chi connectivity index (χ0n) is 16.7. The molecule has 0 radical (unpaired) electrons. The van der Waals surface area contributed by atoms with E-state index in [1.807, 2.05) is 23.6 Å². The van der Waals surface area contributed by atoms with Gasteiger partial charge in [0.2, 0.25) is 5.89 Å². The van der Waals surface area contributed by atoms with E-state index in [-0.39, 0.29) is 18.1 Å². The molecule has 28 heavy (non-hydrogen) atoms. The number of ether oxygens (including phenoxy) is 1. The number of aryl methyl sites for hydroxylation is 1. The lowest BCUT2D eigenvalue weighted by molar-refractivity contribution is 0.0408. The van der Waals surface area contributed by atoms with Crippen LogP contribution in [-0.4, -0.2) is 88.9 Å². The molecule has 3 heterocycles. The van der Waals surface area contributed by atoms with Crippen molar-refractivity contribution in [1.82, 2.24) is 30.2 Å². The van der Waals surface area contributed by atoms with Crippen molar-refractivity contribution in [2.24, 2.45) is 0 Å². The van der Waals surface area contributed by atoms with Crippen molar-refractivity contribution in [3.63, 3.8) is 0 Å². The molecule has 2 fully saturated rings. The number of urea groups is 2. The number of piperidine rings is 1. The first-order valence-corrected chi connectivity index (χ1v) is 10.1. The Kier molecular flexibility index (Phi) is 7.07. The van der Waals surface area contributed by atoms with Gasteiger partial charge in [-0.2, -0.15) is 4.98 Å². The maximum atomic E-state index is 12.6. The molecule has 1 N–H and O–H groups in total. The molecule has 2 saturated heterocycles. The Morgan fingerprint density at radius 3 is 2.43 bits per heavy atom. The van der Waals surface area contributed by atoms with Crippen molar-refractivity contribution in [2.75, 3.05) is 45.9 Å². The summed E-state index contributed by atoms with van der Waals surface area (Å²) in [6.45, 7) is 8.51. The van der Waals surface area contributed by atoms with E-state index in [4.69, 9.17) is 9.26 Å². The predicted molar refractivity (Wildman–Crippen MR) is 101 cm³/mol. The molecule has 1 aromatic rings. The summed E-state index contributed by atoms with van der Waals surface area (Å²) < 4.78 is 10.5. The molecule has 0 saturated carbocycles. The van der Waals surface area contributed by atoms with Crippen molar-refractivity contribution >= 4 is 12.1 Å². The molecule has 0 unspecified atom stereocenters. The maximum Gasteiger partial charge on any atom is 0.320 e. The highest BCUT2D eigenvalue weighted by Gasteiger charge is 2.28. The number of carbonyl (C=O) groups excluding carboxylic acids is 2. The molecule has 0 aliphatic carbocycles. The molecule has 0 spiro atoms. The van der Waals surface area contributed by atoms with Crippen molar-refractivity contribution in [2.45, 2.75) is 45.7 Å². The molecule has 1 aromatic heterocycles. The van der Waals surface area contributed by atoms with Crippen LogP contribution >= 0.6 is 0 Å². The second-order valence-electron chi connectivity index (χ2n) is 7.06. The zero-order valence-corrected chi connectivity index (χ0v) is 16.7. The number of morpholine rings is 1. The molecule has 10 heteroatoms. The van der Waals surface area contributed by atoms with Crippen molar-refractivity contribution < 1.29 is 18.8 Å². The molecule has 156 valence electrons. The van der Waals surface area contributed by atoms with E-state index in [1.54, 1.807) is 4.90 Å². The summed E-state index contributed by atoms with van der Waals surface area (Å²) in [5.74, 6) is 1.09. The van der Waals surface area contributed by atoms with E-state index in [0.29, 0.717) is 70.6 Å². The molecular formula is C18H30N6O4. The van der Waals surface area contributed by atoms with E-state index in [9.17, 15) is 9.59 Å². The molecule has 10 nitrogen and oxygen atoms in total. The Balaban J connectivity index is 1.44. The number of carbonyl (C=O) groups is 2. The standard InChI is InChI=1S/C18H30N6O4/c1-3-15-20-16(28-21-15)13-22(4-2)17(25)19-14-5-7-23(8-6-14)18(26)24-9-11-27-12-10-24/h14H,3-13H2,1-2H3,(H,19,25). The average molecular weight is 394 g/mol. The monoisotopic (exact) mass is 394 g/mol. The zero-order chi connectivity index (χ0) is 19.9. The highest BCUT2D eigenvalue weighted by Crippen LogP contribution is 2.14. The quantitative estimate of drug-likeness (QED) is 0.801. The van der Waals surface area contributed by atoms with Gasteiger partial charge >= 0.3 is 12.1 Å². The number of amides is 4. The van der Waals surface area contributed by atoms with E-state index < -0.39 is 0 Å². The van der Waals surface area contributed by atoms with E-state index in [0.717, 1.165) is 12.8 Å². The molecule has 3 rings (SSSR count). The fourth-order valence-electron chi connectivity index (χ4n) is 3.42. The second kappa shape index (κ2) is 9.72. The SMILES string of the molecule is CCc1noc(CN(CC)C(=O)NC2CCN(C(=O)N3CCOCC3)CC2)n1. The first-order chi connectivity index (χ1) is 13.6. The summed E-state index contributed by atoms with van der Waals surface area (Å²) in [7, 11) is 0. The van der Waals surface area contributed by atoms with Gasteiger partial charge in [0, 0.05) is 45.2 Å². The molecule has 0 atom stereocenters. The van der Waals surface area contributed by atoms with Crippen LogP contribution in [0.25, 0.3) is 0 Å². The van der Waals surface area contributed by atoms with Gasteiger partial charge in [-0.15, -0.1) is 0 Å². The van der Waals surface area contributed by atoms with Gasteiger partial charge in [-0.1, -0.05) is 12.1 Å². The van der Waals surface area contributed by atoms with Gasteiger partial charge in [0.15, 0.2) is 5.82 Å². The molecule has 4 amide bonds. The largest absolute Gasteiger partial charge is 0.378 e. The summed E-state index contributed by atoms with van der Waals surface area (Å²) >= 11 is 0. The van der Waals surface area contributed by atoms with Crippen LogP contribution in [0, 0.1) is 0 Å². The third-order valence-electron chi connectivity index (χ3n) is 5.20. The first kappa shape index (κ1) is 20.4. The maximum absolute atomic E-state index is 12.6. The third-order valence-corrected chi connectivity index (χ3v) is 5.20. The summed E-state index contributed by atoms with van der Waals surface area (Å²) in [5, 5.41) is 6.94. The van der Waals surface area contributed by atoms with Gasteiger partial charge in [0.25, 0.3) is 0 Å². The minimum atomic E-state index is -0.142. The minimum Gasteiger partial charge on any atom is -0.378 e. The van der Waals surface area contributed by atoms with Crippen LogP contribution in [0.1, 0.15) is 38.4 Å². The number of nitrogens with zero attached hydrogens (tertiary/aromatic N) is 5. The van der Waals surface area contributed by atoms with Crippen LogP contribution in [0.2, 0.25) is 0 Å². The normalized spacial score (nSPS) is 18.2. The Bertz CT molecular complexity index is 652.